The second-order valence-electron chi connectivity index (χ2n) is 8.70. The van der Waals surface area contributed by atoms with Crippen LogP contribution in [0, 0.1) is 0 Å². The van der Waals surface area contributed by atoms with Crippen molar-refractivity contribution in [2.75, 3.05) is 13.7 Å². The van der Waals surface area contributed by atoms with Gasteiger partial charge in [0.1, 0.15) is 12.4 Å². The van der Waals surface area contributed by atoms with E-state index in [1.54, 1.807) is 44.6 Å². The highest BCUT2D eigenvalue weighted by molar-refractivity contribution is 5.99. The van der Waals surface area contributed by atoms with E-state index in [-0.39, 0.29) is 23.5 Å². The predicted octanol–water partition coefficient (Wildman–Crippen LogP) is 4.30. The van der Waals surface area contributed by atoms with Crippen LogP contribution in [0.1, 0.15) is 36.5 Å². The van der Waals surface area contributed by atoms with Crippen LogP contribution in [0.25, 0.3) is 6.08 Å². The molecule has 2 N–H and O–H groups in total. The molecule has 8 nitrogen and oxygen atoms in total. The zero-order valence-electron chi connectivity index (χ0n) is 21.0. The summed E-state index contributed by atoms with van der Waals surface area (Å²) in [6.45, 7) is 4.30. The van der Waals surface area contributed by atoms with Crippen molar-refractivity contribution < 1.29 is 24.2 Å². The molecule has 0 saturated carbocycles. The molecule has 1 atom stereocenters. The Morgan fingerprint density at radius 3 is 2.46 bits per heavy atom. The number of hydrogen-bond donors (Lipinski definition) is 2. The number of hydrogen-bond acceptors (Lipinski definition) is 7. The first-order chi connectivity index (χ1) is 17.9. The fraction of sp³-hybridized carbons (Fsp3) is 0.207. The zero-order valence-corrected chi connectivity index (χ0v) is 21.0. The molecule has 2 aromatic carbocycles. The maximum Gasteiger partial charge on any atom is 0.337 e. The smallest absolute Gasteiger partial charge is 0.337 e. The van der Waals surface area contributed by atoms with Gasteiger partial charge >= 0.3 is 11.9 Å². The van der Waals surface area contributed by atoms with Crippen molar-refractivity contribution in [1.29, 1.82) is 0 Å². The van der Waals surface area contributed by atoms with Gasteiger partial charge in [-0.1, -0.05) is 42.5 Å². The van der Waals surface area contributed by atoms with E-state index in [2.05, 4.69) is 10.3 Å². The van der Waals surface area contributed by atoms with Gasteiger partial charge < -0.3 is 24.5 Å². The molecule has 37 heavy (non-hydrogen) atoms. The van der Waals surface area contributed by atoms with Gasteiger partial charge in [-0.3, -0.25) is 0 Å². The molecule has 1 aliphatic heterocycles. The summed E-state index contributed by atoms with van der Waals surface area (Å²) in [5, 5.41) is 13.2. The number of aromatic nitrogens is 2. The molecule has 0 saturated heterocycles. The van der Waals surface area contributed by atoms with Crippen molar-refractivity contribution in [3.8, 4) is 5.75 Å². The number of methoxy groups -OCH3 is 1. The van der Waals surface area contributed by atoms with Crippen LogP contribution in [0.4, 0.5) is 0 Å². The van der Waals surface area contributed by atoms with Crippen molar-refractivity contribution in [3.05, 3.63) is 113 Å². The molecule has 0 spiro atoms. The molecule has 1 aliphatic rings. The van der Waals surface area contributed by atoms with Crippen LogP contribution in [0.15, 0.2) is 95.9 Å². The minimum Gasteiger partial charge on any atom is -0.508 e. The summed E-state index contributed by atoms with van der Waals surface area (Å²) >= 11 is 0. The normalized spacial score (nSPS) is 15.6. The molecule has 8 heteroatoms. The number of esters is 2. The van der Waals surface area contributed by atoms with Gasteiger partial charge in [-0.2, -0.15) is 0 Å². The number of ether oxygens (including phenoxy) is 2. The summed E-state index contributed by atoms with van der Waals surface area (Å²) < 4.78 is 12.6. The van der Waals surface area contributed by atoms with E-state index in [9.17, 15) is 14.7 Å². The summed E-state index contributed by atoms with van der Waals surface area (Å²) in [5.41, 5.74) is 4.43. The van der Waals surface area contributed by atoms with E-state index < -0.39 is 17.9 Å². The summed E-state index contributed by atoms with van der Waals surface area (Å²) in [5.74, 6) is -1.84. The van der Waals surface area contributed by atoms with Crippen LogP contribution in [0.5, 0.6) is 5.75 Å². The average molecular weight is 500 g/mol. The second-order valence-corrected chi connectivity index (χ2v) is 8.70. The SMILES string of the molecule is COC(=O)C1=C(C)NC(C)=C(C(=O)OC/C=C/c2ccc(Cn3ccnc3)cc2)C1c1cccc(O)c1. The molecular formula is C29H29N3O5. The molecule has 0 radical (unpaired) electrons. The van der Waals surface area contributed by atoms with Crippen molar-refractivity contribution in [2.45, 2.75) is 26.3 Å². The number of phenolic OH excluding ortho intramolecular Hbond substituents is 1. The highest BCUT2D eigenvalue weighted by Crippen LogP contribution is 2.40. The molecule has 0 amide bonds. The van der Waals surface area contributed by atoms with Crippen LogP contribution in [0.2, 0.25) is 0 Å². The minimum atomic E-state index is -0.750. The van der Waals surface area contributed by atoms with Gasteiger partial charge in [-0.05, 0) is 48.7 Å². The van der Waals surface area contributed by atoms with Gasteiger partial charge in [0.05, 0.1) is 30.5 Å². The lowest BCUT2D eigenvalue weighted by Crippen LogP contribution is -2.32. The Hall–Kier alpha value is -4.59. The number of rotatable bonds is 8. The minimum absolute atomic E-state index is 0.0299. The fourth-order valence-corrected chi connectivity index (χ4v) is 4.39. The third kappa shape index (κ3) is 5.98. The Bertz CT molecular complexity index is 1370. The van der Waals surface area contributed by atoms with Crippen molar-refractivity contribution in [2.24, 2.45) is 0 Å². The van der Waals surface area contributed by atoms with Gasteiger partial charge in [0.2, 0.25) is 0 Å². The van der Waals surface area contributed by atoms with Crippen LogP contribution in [-0.4, -0.2) is 40.3 Å². The van der Waals surface area contributed by atoms with Gasteiger partial charge in [0.25, 0.3) is 0 Å². The maximum atomic E-state index is 13.2. The number of carbonyl (C=O) groups is 2. The van der Waals surface area contributed by atoms with E-state index in [1.807, 2.05) is 41.1 Å². The van der Waals surface area contributed by atoms with Crippen molar-refractivity contribution >= 4 is 18.0 Å². The standard InChI is InChI=1S/C29H29N3O5/c1-19-25(28(34)36-3)27(23-7-4-8-24(33)16-23)26(20(2)31-19)29(35)37-15-5-6-21-9-11-22(12-10-21)17-32-14-13-30-18-32/h4-14,16,18,27,31,33H,15,17H2,1-3H3/b6-5+. The molecule has 0 aliphatic carbocycles. The monoisotopic (exact) mass is 499 g/mol. The number of nitrogens with one attached hydrogen (secondary N) is 1. The summed E-state index contributed by atoms with van der Waals surface area (Å²) in [6, 6.07) is 14.5. The molecule has 1 unspecified atom stereocenters. The van der Waals surface area contributed by atoms with Crippen LogP contribution < -0.4 is 5.32 Å². The Kier molecular flexibility index (Phi) is 7.88. The lowest BCUT2D eigenvalue weighted by atomic mass is 9.80. The highest BCUT2D eigenvalue weighted by atomic mass is 16.5. The molecule has 3 aromatic rings. The van der Waals surface area contributed by atoms with E-state index in [1.165, 1.54) is 19.2 Å². The number of benzene rings is 2. The molecule has 2 heterocycles. The molecule has 1 aromatic heterocycles. The molecule has 190 valence electrons. The van der Waals surface area contributed by atoms with Crippen LogP contribution >= 0.6 is 0 Å². The zero-order chi connectivity index (χ0) is 26.4. The summed E-state index contributed by atoms with van der Waals surface area (Å²) in [4.78, 5) is 30.0. The average Bonchev–Trinajstić information content (AvgIpc) is 3.39. The maximum absolute atomic E-state index is 13.2. The van der Waals surface area contributed by atoms with Crippen molar-refractivity contribution in [1.82, 2.24) is 14.9 Å². The number of aromatic hydroxyl groups is 1. The van der Waals surface area contributed by atoms with Crippen LogP contribution in [0.3, 0.4) is 0 Å². The van der Waals surface area contributed by atoms with Crippen LogP contribution in [-0.2, 0) is 25.6 Å². The molecule has 4 rings (SSSR count). The fourth-order valence-electron chi connectivity index (χ4n) is 4.39. The Balaban J connectivity index is 1.47. The predicted molar refractivity (Wildman–Crippen MR) is 139 cm³/mol. The summed E-state index contributed by atoms with van der Waals surface area (Å²) in [7, 11) is 1.29. The molecule has 0 fully saturated rings. The number of carbonyl (C=O) groups excluding carboxylic acids is 2. The largest absolute Gasteiger partial charge is 0.508 e. The van der Waals surface area contributed by atoms with Gasteiger partial charge in [-0.15, -0.1) is 0 Å². The first-order valence-corrected chi connectivity index (χ1v) is 11.8. The van der Waals surface area contributed by atoms with Gasteiger partial charge in [0, 0.05) is 30.3 Å². The van der Waals surface area contributed by atoms with E-state index >= 15 is 0 Å². The van der Waals surface area contributed by atoms with Crippen molar-refractivity contribution in [3.63, 3.8) is 0 Å². The second kappa shape index (κ2) is 11.4. The van der Waals surface area contributed by atoms with Gasteiger partial charge in [0.15, 0.2) is 0 Å². The number of nitrogens with zero attached hydrogens (tertiary/aromatic N) is 2. The topological polar surface area (TPSA) is 103 Å². The molecular weight excluding hydrogens is 470 g/mol. The van der Waals surface area contributed by atoms with E-state index in [0.29, 0.717) is 17.0 Å². The third-order valence-electron chi connectivity index (χ3n) is 6.11. The first-order valence-electron chi connectivity index (χ1n) is 11.8. The number of allylic oxidation sites excluding steroid dienone is 2. The lowest BCUT2D eigenvalue weighted by Gasteiger charge is -2.30. The summed E-state index contributed by atoms with van der Waals surface area (Å²) in [6.07, 6.45) is 9.08. The quantitative estimate of drug-likeness (QED) is 0.446. The van der Waals surface area contributed by atoms with E-state index in [4.69, 9.17) is 9.47 Å². The lowest BCUT2D eigenvalue weighted by molar-refractivity contribution is -0.138. The Morgan fingerprint density at radius 2 is 1.81 bits per heavy atom. The Morgan fingerprint density at radius 1 is 1.08 bits per heavy atom. The number of dihydropyridines is 1. The number of imidazole rings is 1. The number of phenols is 1. The highest BCUT2D eigenvalue weighted by Gasteiger charge is 2.37. The third-order valence-corrected chi connectivity index (χ3v) is 6.11. The first kappa shape index (κ1) is 25.5. The van der Waals surface area contributed by atoms with Gasteiger partial charge in [-0.25, -0.2) is 14.6 Å². The Labute approximate surface area is 215 Å². The molecule has 0 bridgehead atoms. The van der Waals surface area contributed by atoms with E-state index in [0.717, 1.165) is 17.7 Å².